The molecular formula is C23H32N2O2. The van der Waals surface area contributed by atoms with Gasteiger partial charge in [0.05, 0.1) is 13.2 Å². The van der Waals surface area contributed by atoms with Gasteiger partial charge in [-0.3, -0.25) is 9.69 Å². The number of nitrogens with one attached hydrogen (secondary N) is 1. The Labute approximate surface area is 163 Å². The van der Waals surface area contributed by atoms with Crippen LogP contribution in [0.3, 0.4) is 0 Å². The highest BCUT2D eigenvalue weighted by Gasteiger charge is 2.20. The summed E-state index contributed by atoms with van der Waals surface area (Å²) < 4.78 is 5.44. The van der Waals surface area contributed by atoms with Crippen molar-refractivity contribution in [2.24, 2.45) is 0 Å². The van der Waals surface area contributed by atoms with Gasteiger partial charge in [0.2, 0.25) is 5.91 Å². The van der Waals surface area contributed by atoms with Crippen molar-refractivity contribution in [3.63, 3.8) is 0 Å². The summed E-state index contributed by atoms with van der Waals surface area (Å²) in [5.74, 6) is 1.30. The lowest BCUT2D eigenvalue weighted by molar-refractivity contribution is -0.120. The van der Waals surface area contributed by atoms with E-state index in [4.69, 9.17) is 4.74 Å². The second-order valence-electron chi connectivity index (χ2n) is 7.59. The molecule has 2 rings (SSSR count). The predicted octanol–water partition coefficient (Wildman–Crippen LogP) is 4.89. The minimum atomic E-state index is -0.243. The summed E-state index contributed by atoms with van der Waals surface area (Å²) in [6.45, 7) is 11.0. The second-order valence-corrected chi connectivity index (χ2v) is 7.59. The molecule has 0 fully saturated rings. The van der Waals surface area contributed by atoms with E-state index in [2.05, 4.69) is 42.3 Å². The molecule has 146 valence electrons. The zero-order valence-electron chi connectivity index (χ0n) is 17.6. The third kappa shape index (κ3) is 5.10. The number of carbonyl (C=O) groups excluding carboxylic acids is 1. The van der Waals surface area contributed by atoms with Crippen LogP contribution in [0.2, 0.25) is 0 Å². The summed E-state index contributed by atoms with van der Waals surface area (Å²) >= 11 is 0. The Hall–Kier alpha value is -2.33. The Morgan fingerprint density at radius 1 is 1.11 bits per heavy atom. The lowest BCUT2D eigenvalue weighted by Gasteiger charge is -2.25. The van der Waals surface area contributed by atoms with E-state index in [-0.39, 0.29) is 11.9 Å². The van der Waals surface area contributed by atoms with E-state index in [0.29, 0.717) is 12.5 Å². The van der Waals surface area contributed by atoms with E-state index >= 15 is 0 Å². The number of carbonyl (C=O) groups is 1. The van der Waals surface area contributed by atoms with E-state index in [1.807, 2.05) is 46.0 Å². The number of ether oxygens (including phenoxy) is 1. The summed E-state index contributed by atoms with van der Waals surface area (Å²) in [5.41, 5.74) is 5.46. The molecule has 0 saturated heterocycles. The number of hydrogen-bond donors (Lipinski definition) is 1. The van der Waals surface area contributed by atoms with Gasteiger partial charge in [0.15, 0.2) is 0 Å². The average Bonchev–Trinajstić information content (AvgIpc) is 2.61. The van der Waals surface area contributed by atoms with Crippen molar-refractivity contribution in [1.29, 1.82) is 0 Å². The van der Waals surface area contributed by atoms with Crippen LogP contribution < -0.4 is 10.1 Å². The zero-order chi connectivity index (χ0) is 20.1. The Morgan fingerprint density at radius 2 is 1.70 bits per heavy atom. The molecule has 0 aliphatic rings. The number of benzene rings is 2. The molecule has 1 N–H and O–H groups in total. The van der Waals surface area contributed by atoms with E-state index in [1.165, 1.54) is 5.56 Å². The predicted molar refractivity (Wildman–Crippen MR) is 113 cm³/mol. The summed E-state index contributed by atoms with van der Waals surface area (Å²) in [5, 5.41) is 3.10. The van der Waals surface area contributed by atoms with E-state index in [0.717, 1.165) is 28.1 Å². The largest absolute Gasteiger partial charge is 0.496 e. The highest BCUT2D eigenvalue weighted by Crippen LogP contribution is 2.26. The van der Waals surface area contributed by atoms with E-state index in [1.54, 1.807) is 7.11 Å². The number of aryl methyl sites for hydroxylation is 2. The number of amides is 1. The number of nitrogens with zero attached hydrogens (tertiary/aromatic N) is 1. The standard InChI is InChI=1S/C23H32N2O2/c1-15(2)20-10-8-9-11-21(20)24-23(26)18(5)25(6)14-19-12-16(3)22(27-7)17(4)13-19/h8-13,15,18H,14H2,1-7H3,(H,24,26). The molecule has 4 nitrogen and oxygen atoms in total. The van der Waals surface area contributed by atoms with Gasteiger partial charge in [0, 0.05) is 12.2 Å². The van der Waals surface area contributed by atoms with Crippen LogP contribution in [0.5, 0.6) is 5.75 Å². The summed E-state index contributed by atoms with van der Waals surface area (Å²) in [6.07, 6.45) is 0. The van der Waals surface area contributed by atoms with Gasteiger partial charge in [0.1, 0.15) is 5.75 Å². The van der Waals surface area contributed by atoms with Gasteiger partial charge in [0.25, 0.3) is 0 Å². The van der Waals surface area contributed by atoms with Crippen molar-refractivity contribution in [2.75, 3.05) is 19.5 Å². The smallest absolute Gasteiger partial charge is 0.241 e. The van der Waals surface area contributed by atoms with Gasteiger partial charge >= 0.3 is 0 Å². The number of likely N-dealkylation sites (N-methyl/N-ethyl adjacent to an activating group) is 1. The summed E-state index contributed by atoms with van der Waals surface area (Å²) in [7, 11) is 3.68. The first-order valence-electron chi connectivity index (χ1n) is 9.48. The van der Waals surface area contributed by atoms with Crippen molar-refractivity contribution in [1.82, 2.24) is 4.90 Å². The molecule has 0 aliphatic carbocycles. The van der Waals surface area contributed by atoms with Gasteiger partial charge < -0.3 is 10.1 Å². The Kier molecular flexibility index (Phi) is 7.03. The fourth-order valence-corrected chi connectivity index (χ4v) is 3.43. The first-order valence-corrected chi connectivity index (χ1v) is 9.48. The third-order valence-electron chi connectivity index (χ3n) is 5.04. The maximum atomic E-state index is 12.8. The van der Waals surface area contributed by atoms with Crippen LogP contribution in [0.1, 0.15) is 48.9 Å². The number of rotatable bonds is 7. The van der Waals surface area contributed by atoms with Crippen molar-refractivity contribution in [2.45, 2.75) is 53.1 Å². The minimum absolute atomic E-state index is 0.00700. The third-order valence-corrected chi connectivity index (χ3v) is 5.04. The van der Waals surface area contributed by atoms with Crippen LogP contribution in [-0.2, 0) is 11.3 Å². The van der Waals surface area contributed by atoms with Crippen molar-refractivity contribution in [3.8, 4) is 5.75 Å². The maximum Gasteiger partial charge on any atom is 0.241 e. The lowest BCUT2D eigenvalue weighted by Crippen LogP contribution is -2.39. The fourth-order valence-electron chi connectivity index (χ4n) is 3.43. The van der Waals surface area contributed by atoms with Gasteiger partial charge in [-0.2, -0.15) is 0 Å². The molecule has 2 aromatic carbocycles. The minimum Gasteiger partial charge on any atom is -0.496 e. The number of anilines is 1. The first-order chi connectivity index (χ1) is 12.7. The van der Waals surface area contributed by atoms with Gasteiger partial charge in [-0.15, -0.1) is 0 Å². The molecule has 1 atom stereocenters. The number of methoxy groups -OCH3 is 1. The van der Waals surface area contributed by atoms with Crippen molar-refractivity contribution in [3.05, 3.63) is 58.7 Å². The topological polar surface area (TPSA) is 41.6 Å². The van der Waals surface area contributed by atoms with Gasteiger partial charge in [-0.1, -0.05) is 44.2 Å². The van der Waals surface area contributed by atoms with E-state index < -0.39 is 0 Å². The quantitative estimate of drug-likeness (QED) is 0.756. The molecule has 0 spiro atoms. The van der Waals surface area contributed by atoms with Crippen LogP contribution >= 0.6 is 0 Å². The van der Waals surface area contributed by atoms with Crippen LogP contribution in [0.15, 0.2) is 36.4 Å². The molecule has 0 aromatic heterocycles. The number of hydrogen-bond acceptors (Lipinski definition) is 3. The van der Waals surface area contributed by atoms with Crippen molar-refractivity contribution >= 4 is 11.6 Å². The van der Waals surface area contributed by atoms with Crippen LogP contribution in [0, 0.1) is 13.8 Å². The highest BCUT2D eigenvalue weighted by atomic mass is 16.5. The molecule has 4 heteroatoms. The number of para-hydroxylation sites is 1. The molecule has 27 heavy (non-hydrogen) atoms. The molecular weight excluding hydrogens is 336 g/mol. The zero-order valence-corrected chi connectivity index (χ0v) is 17.6. The Morgan fingerprint density at radius 3 is 2.26 bits per heavy atom. The monoisotopic (exact) mass is 368 g/mol. The average molecular weight is 369 g/mol. The van der Waals surface area contributed by atoms with Crippen LogP contribution in [0.25, 0.3) is 0 Å². The van der Waals surface area contributed by atoms with Crippen LogP contribution in [0.4, 0.5) is 5.69 Å². The lowest BCUT2D eigenvalue weighted by atomic mass is 10.0. The fraction of sp³-hybridized carbons (Fsp3) is 0.435. The molecule has 0 radical (unpaired) electrons. The first kappa shape index (κ1) is 21.0. The van der Waals surface area contributed by atoms with Gasteiger partial charge in [-0.25, -0.2) is 0 Å². The highest BCUT2D eigenvalue weighted by molar-refractivity contribution is 5.95. The summed E-state index contributed by atoms with van der Waals surface area (Å²) in [4.78, 5) is 14.8. The Bertz CT molecular complexity index is 776. The second kappa shape index (κ2) is 9.05. The SMILES string of the molecule is COc1c(C)cc(CN(C)C(C)C(=O)Nc2ccccc2C(C)C)cc1C. The molecule has 1 unspecified atom stereocenters. The molecule has 0 saturated carbocycles. The normalized spacial score (nSPS) is 12.3. The molecule has 2 aromatic rings. The maximum absolute atomic E-state index is 12.8. The molecule has 1 amide bonds. The molecule has 0 aliphatic heterocycles. The van der Waals surface area contributed by atoms with Gasteiger partial charge in [-0.05, 0) is 62.1 Å². The van der Waals surface area contributed by atoms with Crippen molar-refractivity contribution < 1.29 is 9.53 Å². The Balaban J connectivity index is 2.09. The summed E-state index contributed by atoms with van der Waals surface area (Å²) in [6, 6.07) is 12.0. The molecule has 0 bridgehead atoms. The molecule has 0 heterocycles. The van der Waals surface area contributed by atoms with E-state index in [9.17, 15) is 4.79 Å². The van der Waals surface area contributed by atoms with Crippen LogP contribution in [-0.4, -0.2) is 31.0 Å².